The van der Waals surface area contributed by atoms with E-state index < -0.39 is 65.0 Å². The molecule has 3 N–H and O–H groups in total. The van der Waals surface area contributed by atoms with Crippen LogP contribution in [0.5, 0.6) is 0 Å². The lowest BCUT2D eigenvalue weighted by atomic mass is 9.57. The van der Waals surface area contributed by atoms with Crippen LogP contribution in [-0.2, 0) is 23.9 Å². The summed E-state index contributed by atoms with van der Waals surface area (Å²) in [4.78, 5) is 37.4. The molecule has 0 spiro atoms. The minimum Gasteiger partial charge on any atom is -0.461 e. The van der Waals surface area contributed by atoms with E-state index in [2.05, 4.69) is 0 Å². The van der Waals surface area contributed by atoms with Crippen molar-refractivity contribution < 1.29 is 39.2 Å². The Balaban J connectivity index is 2.27. The zero-order valence-corrected chi connectivity index (χ0v) is 19.5. The number of esters is 2. The molecule has 3 aliphatic carbocycles. The summed E-state index contributed by atoms with van der Waals surface area (Å²) in [6.07, 6.45) is -3.21. The third-order valence-corrected chi connectivity index (χ3v) is 7.64. The number of Topliss-reactive ketones (excluding diaryl/α,β-unsaturated/α-hetero) is 1. The Morgan fingerprint density at radius 2 is 1.59 bits per heavy atom. The van der Waals surface area contributed by atoms with Crippen LogP contribution >= 0.6 is 0 Å². The molecule has 0 aromatic rings. The van der Waals surface area contributed by atoms with Crippen LogP contribution in [0.25, 0.3) is 0 Å². The van der Waals surface area contributed by atoms with E-state index in [0.717, 1.165) is 0 Å². The van der Waals surface area contributed by atoms with Crippen molar-refractivity contribution in [2.24, 2.45) is 16.7 Å². The van der Waals surface area contributed by atoms with Gasteiger partial charge in [-0.2, -0.15) is 0 Å². The molecule has 0 aromatic heterocycles. The van der Waals surface area contributed by atoms with Crippen molar-refractivity contribution >= 4 is 17.7 Å². The maximum Gasteiger partial charge on any atom is 0.303 e. The van der Waals surface area contributed by atoms with E-state index in [0.29, 0.717) is 16.7 Å². The van der Waals surface area contributed by atoms with Gasteiger partial charge in [0.1, 0.15) is 18.3 Å². The highest BCUT2D eigenvalue weighted by atomic mass is 16.5. The normalized spacial score (nSPS) is 39.2. The van der Waals surface area contributed by atoms with Crippen molar-refractivity contribution in [3.8, 4) is 0 Å². The van der Waals surface area contributed by atoms with Gasteiger partial charge in [-0.15, -0.1) is 0 Å². The van der Waals surface area contributed by atoms with Gasteiger partial charge in [-0.25, -0.2) is 0 Å². The second-order valence-electron chi connectivity index (χ2n) is 10.2. The van der Waals surface area contributed by atoms with Crippen LogP contribution in [0.15, 0.2) is 22.8 Å². The first-order valence-electron chi connectivity index (χ1n) is 11.0. The molecule has 1 saturated carbocycles. The monoisotopic (exact) mass is 450 g/mol. The topological polar surface area (TPSA) is 130 Å². The Labute approximate surface area is 188 Å². The summed E-state index contributed by atoms with van der Waals surface area (Å²) in [6.45, 7) is 9.55. The van der Waals surface area contributed by atoms with E-state index in [-0.39, 0.29) is 19.3 Å². The largest absolute Gasteiger partial charge is 0.461 e. The molecule has 0 amide bonds. The Bertz CT molecular complexity index is 884. The molecular weight excluding hydrogens is 416 g/mol. The van der Waals surface area contributed by atoms with Gasteiger partial charge in [-0.1, -0.05) is 13.8 Å². The zero-order valence-electron chi connectivity index (χ0n) is 19.5. The van der Waals surface area contributed by atoms with E-state index in [1.165, 1.54) is 13.8 Å². The van der Waals surface area contributed by atoms with Crippen molar-refractivity contribution in [2.45, 2.75) is 91.3 Å². The molecule has 0 saturated heterocycles. The van der Waals surface area contributed by atoms with E-state index in [1.54, 1.807) is 19.9 Å². The second kappa shape index (κ2) is 8.39. The van der Waals surface area contributed by atoms with Gasteiger partial charge in [0.25, 0.3) is 0 Å². The van der Waals surface area contributed by atoms with Crippen LogP contribution in [0.4, 0.5) is 0 Å². The van der Waals surface area contributed by atoms with Gasteiger partial charge >= 0.3 is 11.9 Å². The predicted octanol–water partition coefficient (Wildman–Crippen LogP) is 1.60. The average molecular weight is 451 g/mol. The fourth-order valence-corrected chi connectivity index (χ4v) is 5.85. The smallest absolute Gasteiger partial charge is 0.303 e. The Morgan fingerprint density at radius 3 is 2.16 bits per heavy atom. The Kier molecular flexibility index (Phi) is 6.45. The van der Waals surface area contributed by atoms with Crippen molar-refractivity contribution in [1.82, 2.24) is 0 Å². The third-order valence-electron chi connectivity index (χ3n) is 7.64. The molecule has 4 bridgehead atoms. The first-order chi connectivity index (χ1) is 14.7. The minimum atomic E-state index is -1.54. The fourth-order valence-electron chi connectivity index (χ4n) is 5.85. The quantitative estimate of drug-likeness (QED) is 0.427. The van der Waals surface area contributed by atoms with Crippen LogP contribution < -0.4 is 0 Å². The lowest BCUT2D eigenvalue weighted by Crippen LogP contribution is -2.56. The first kappa shape index (κ1) is 24.6. The number of carbonyl (C=O) groups excluding carboxylic acids is 3. The van der Waals surface area contributed by atoms with E-state index in [1.807, 2.05) is 13.8 Å². The summed E-state index contributed by atoms with van der Waals surface area (Å²) >= 11 is 0. The van der Waals surface area contributed by atoms with Gasteiger partial charge in [0, 0.05) is 26.2 Å². The van der Waals surface area contributed by atoms with E-state index >= 15 is 0 Å². The molecule has 0 unspecified atom stereocenters. The van der Waals surface area contributed by atoms with Gasteiger partial charge in [0.2, 0.25) is 0 Å². The highest BCUT2D eigenvalue weighted by Gasteiger charge is 2.56. The van der Waals surface area contributed by atoms with Crippen LogP contribution in [0, 0.1) is 16.7 Å². The van der Waals surface area contributed by atoms with E-state index in [9.17, 15) is 29.7 Å². The molecule has 0 aliphatic heterocycles. The minimum absolute atomic E-state index is 0.0120. The van der Waals surface area contributed by atoms with Gasteiger partial charge in [0.15, 0.2) is 5.78 Å². The standard InChI is InChI=1S/C24H34O8/c1-11-16(27)8-15-18(31-12(2)25)7-14-10-24(6,19(9-17(14)28)32-13(3)26)22(30)21(29)20(11)23(15,4)5/h7,15-19,21,27-29H,8-10H2,1-6H3/t15-,16+,17-,18-,19-,21+,24-/m0/s1. The summed E-state index contributed by atoms with van der Waals surface area (Å²) in [7, 11) is 0. The number of aliphatic hydroxyl groups excluding tert-OH is 3. The number of aliphatic hydroxyl groups is 3. The molecule has 0 aromatic carbocycles. The molecule has 0 radical (unpaired) electrons. The summed E-state index contributed by atoms with van der Waals surface area (Å²) in [5, 5.41) is 32.9. The van der Waals surface area contributed by atoms with Crippen LogP contribution in [0.2, 0.25) is 0 Å². The molecule has 8 nitrogen and oxygen atoms in total. The number of ether oxygens (including phenoxy) is 2. The highest BCUT2D eigenvalue weighted by molar-refractivity contribution is 5.93. The maximum atomic E-state index is 13.7. The van der Waals surface area contributed by atoms with Gasteiger partial charge < -0.3 is 24.8 Å². The molecule has 178 valence electrons. The van der Waals surface area contributed by atoms with Gasteiger partial charge in [-0.05, 0) is 54.9 Å². The molecule has 32 heavy (non-hydrogen) atoms. The summed E-state index contributed by atoms with van der Waals surface area (Å²) in [5.74, 6) is -2.05. The van der Waals surface area contributed by atoms with Crippen molar-refractivity contribution in [1.29, 1.82) is 0 Å². The third kappa shape index (κ3) is 4.04. The zero-order chi connectivity index (χ0) is 24.2. The number of hydrogen-bond acceptors (Lipinski definition) is 8. The number of fused-ring (bicyclic) bond motifs is 4. The number of hydrogen-bond donors (Lipinski definition) is 3. The molecule has 3 aliphatic rings. The first-order valence-corrected chi connectivity index (χ1v) is 11.0. The van der Waals surface area contributed by atoms with Crippen LogP contribution in [-0.4, -0.2) is 63.6 Å². The van der Waals surface area contributed by atoms with E-state index in [4.69, 9.17) is 9.47 Å². The summed E-state index contributed by atoms with van der Waals surface area (Å²) < 4.78 is 11.1. The summed E-state index contributed by atoms with van der Waals surface area (Å²) in [6, 6.07) is 0. The SMILES string of the molecule is CC(=O)O[C@H]1C=C2C[C@](C)(C(=O)[C@H](O)C3=C(C)[C@H](O)C[C@@H]1C3(C)C)[C@@H](OC(C)=O)C[C@@H]2O. The molecule has 8 heteroatoms. The van der Waals surface area contributed by atoms with Crippen LogP contribution in [0.3, 0.4) is 0 Å². The lowest BCUT2D eigenvalue weighted by Gasteiger charge is -2.50. The lowest BCUT2D eigenvalue weighted by molar-refractivity contribution is -0.166. The van der Waals surface area contributed by atoms with Gasteiger partial charge in [0.05, 0.1) is 17.6 Å². The molecule has 0 heterocycles. The molecule has 1 fully saturated rings. The second-order valence-corrected chi connectivity index (χ2v) is 10.2. The van der Waals surface area contributed by atoms with Crippen molar-refractivity contribution in [3.63, 3.8) is 0 Å². The average Bonchev–Trinajstić information content (AvgIpc) is 2.65. The van der Waals surface area contributed by atoms with Crippen LogP contribution in [0.1, 0.15) is 60.8 Å². The number of ketones is 1. The Hall–Kier alpha value is -2.03. The highest BCUT2D eigenvalue weighted by Crippen LogP contribution is 2.52. The van der Waals surface area contributed by atoms with Crippen molar-refractivity contribution in [2.75, 3.05) is 0 Å². The van der Waals surface area contributed by atoms with Crippen molar-refractivity contribution in [3.05, 3.63) is 22.8 Å². The predicted molar refractivity (Wildman–Crippen MR) is 114 cm³/mol. The maximum absolute atomic E-state index is 13.7. The Morgan fingerprint density at radius 1 is 1.00 bits per heavy atom. The fraction of sp³-hybridized carbons (Fsp3) is 0.708. The molecular formula is C24H34O8. The number of carbonyl (C=O) groups is 3. The molecule has 7 atom stereocenters. The summed E-state index contributed by atoms with van der Waals surface area (Å²) in [5.41, 5.74) is -0.714. The molecule has 3 rings (SSSR count). The van der Waals surface area contributed by atoms with Gasteiger partial charge in [-0.3, -0.25) is 14.4 Å². The number of rotatable bonds is 2.